The van der Waals surface area contributed by atoms with Gasteiger partial charge in [-0.25, -0.2) is 0 Å². The summed E-state index contributed by atoms with van der Waals surface area (Å²) in [4.78, 5) is 12.4. The predicted octanol–water partition coefficient (Wildman–Crippen LogP) is 3.07. The van der Waals surface area contributed by atoms with E-state index >= 15 is 0 Å². The van der Waals surface area contributed by atoms with E-state index in [9.17, 15) is 4.79 Å². The Morgan fingerprint density at radius 1 is 1.16 bits per heavy atom. The quantitative estimate of drug-likeness (QED) is 0.674. The van der Waals surface area contributed by atoms with Crippen LogP contribution in [0.25, 0.3) is 0 Å². The molecule has 2 rings (SSSR count). The minimum atomic E-state index is -0.0842. The first-order chi connectivity index (χ1) is 9.15. The maximum Gasteiger partial charge on any atom is 0.195 e. The number of nitrogens with two attached hydrogens (primary N) is 1. The highest BCUT2D eigenvalue weighted by atomic mass is 16.5. The zero-order valence-electron chi connectivity index (χ0n) is 11.1. The SMILES string of the molecule is CCc1ccc(C(=O)c2cc(OC)ccc2N)cc1. The molecule has 0 amide bonds. The fourth-order valence-corrected chi connectivity index (χ4v) is 1.91. The number of aryl methyl sites for hydroxylation is 1. The molecule has 2 aromatic carbocycles. The zero-order chi connectivity index (χ0) is 13.8. The number of hydrogen-bond acceptors (Lipinski definition) is 3. The number of carbonyl (C=O) groups excluding carboxylic acids is 1. The maximum atomic E-state index is 12.4. The third kappa shape index (κ3) is 2.76. The van der Waals surface area contributed by atoms with Crippen molar-refractivity contribution in [2.45, 2.75) is 13.3 Å². The van der Waals surface area contributed by atoms with Gasteiger partial charge in [-0.2, -0.15) is 0 Å². The Morgan fingerprint density at radius 2 is 1.84 bits per heavy atom. The van der Waals surface area contributed by atoms with Crippen LogP contribution in [-0.2, 0) is 6.42 Å². The van der Waals surface area contributed by atoms with E-state index in [1.165, 1.54) is 5.56 Å². The lowest BCUT2D eigenvalue weighted by molar-refractivity contribution is 0.103. The Hall–Kier alpha value is -2.29. The van der Waals surface area contributed by atoms with Crippen LogP contribution in [0.2, 0.25) is 0 Å². The largest absolute Gasteiger partial charge is 0.497 e. The highest BCUT2D eigenvalue weighted by Gasteiger charge is 2.13. The fraction of sp³-hybridized carbons (Fsp3) is 0.188. The van der Waals surface area contributed by atoms with Crippen LogP contribution in [0, 0.1) is 0 Å². The summed E-state index contributed by atoms with van der Waals surface area (Å²) in [5.41, 5.74) is 8.64. The lowest BCUT2D eigenvalue weighted by atomic mass is 10.00. The second-order valence-corrected chi connectivity index (χ2v) is 4.33. The molecule has 19 heavy (non-hydrogen) atoms. The zero-order valence-corrected chi connectivity index (χ0v) is 11.1. The first-order valence-electron chi connectivity index (χ1n) is 6.23. The van der Waals surface area contributed by atoms with Crippen LogP contribution in [0.1, 0.15) is 28.4 Å². The van der Waals surface area contributed by atoms with Gasteiger partial charge in [0.1, 0.15) is 5.75 Å². The first-order valence-corrected chi connectivity index (χ1v) is 6.23. The number of anilines is 1. The van der Waals surface area contributed by atoms with Crippen molar-refractivity contribution in [2.75, 3.05) is 12.8 Å². The predicted molar refractivity (Wildman–Crippen MR) is 76.7 cm³/mol. The minimum absolute atomic E-state index is 0.0842. The Morgan fingerprint density at radius 3 is 2.42 bits per heavy atom. The fourth-order valence-electron chi connectivity index (χ4n) is 1.91. The number of ketones is 1. The normalized spacial score (nSPS) is 10.2. The van der Waals surface area contributed by atoms with Gasteiger partial charge in [0.2, 0.25) is 0 Å². The lowest BCUT2D eigenvalue weighted by Gasteiger charge is -2.08. The average Bonchev–Trinajstić information content (AvgIpc) is 2.47. The summed E-state index contributed by atoms with van der Waals surface area (Å²) in [5.74, 6) is 0.543. The van der Waals surface area contributed by atoms with Crippen molar-refractivity contribution >= 4 is 11.5 Å². The first kappa shape index (κ1) is 13.1. The molecule has 0 aliphatic carbocycles. The number of nitrogen functional groups attached to an aromatic ring is 1. The van der Waals surface area contributed by atoms with E-state index in [0.717, 1.165) is 6.42 Å². The number of ether oxygens (including phenoxy) is 1. The molecule has 0 radical (unpaired) electrons. The van der Waals surface area contributed by atoms with Crippen molar-refractivity contribution in [3.8, 4) is 5.75 Å². The molecule has 0 bridgehead atoms. The topological polar surface area (TPSA) is 52.3 Å². The van der Waals surface area contributed by atoms with Crippen molar-refractivity contribution < 1.29 is 9.53 Å². The lowest BCUT2D eigenvalue weighted by Crippen LogP contribution is -2.05. The number of hydrogen-bond donors (Lipinski definition) is 1. The molecule has 0 aliphatic heterocycles. The molecular weight excluding hydrogens is 238 g/mol. The van der Waals surface area contributed by atoms with E-state index in [-0.39, 0.29) is 5.78 Å². The molecule has 0 fully saturated rings. The monoisotopic (exact) mass is 255 g/mol. The molecule has 2 aromatic rings. The smallest absolute Gasteiger partial charge is 0.195 e. The Balaban J connectivity index is 2.37. The van der Waals surface area contributed by atoms with E-state index in [2.05, 4.69) is 6.92 Å². The molecule has 0 heterocycles. The van der Waals surface area contributed by atoms with Gasteiger partial charge in [0.15, 0.2) is 5.78 Å². The second kappa shape index (κ2) is 5.57. The molecule has 0 saturated heterocycles. The third-order valence-electron chi connectivity index (χ3n) is 3.13. The Kier molecular flexibility index (Phi) is 3.85. The van der Waals surface area contributed by atoms with Gasteiger partial charge in [-0.1, -0.05) is 31.2 Å². The van der Waals surface area contributed by atoms with E-state index < -0.39 is 0 Å². The maximum absolute atomic E-state index is 12.4. The van der Waals surface area contributed by atoms with Crippen LogP contribution in [0.15, 0.2) is 42.5 Å². The highest BCUT2D eigenvalue weighted by Crippen LogP contribution is 2.22. The van der Waals surface area contributed by atoms with Crippen LogP contribution in [-0.4, -0.2) is 12.9 Å². The summed E-state index contributed by atoms with van der Waals surface area (Å²) in [6.07, 6.45) is 0.954. The molecule has 2 N–H and O–H groups in total. The van der Waals surface area contributed by atoms with Crippen molar-refractivity contribution in [1.82, 2.24) is 0 Å². The third-order valence-corrected chi connectivity index (χ3v) is 3.13. The van der Waals surface area contributed by atoms with Gasteiger partial charge in [-0.3, -0.25) is 4.79 Å². The molecule has 0 spiro atoms. The van der Waals surface area contributed by atoms with E-state index in [1.807, 2.05) is 24.3 Å². The molecular formula is C16H17NO2. The minimum Gasteiger partial charge on any atom is -0.497 e. The Labute approximate surface area is 113 Å². The van der Waals surface area contributed by atoms with Gasteiger partial charge in [0.05, 0.1) is 7.11 Å². The molecule has 3 heteroatoms. The summed E-state index contributed by atoms with van der Waals surface area (Å²) in [5, 5.41) is 0. The van der Waals surface area contributed by atoms with Crippen LogP contribution in [0.3, 0.4) is 0 Å². The van der Waals surface area contributed by atoms with Crippen molar-refractivity contribution in [3.05, 3.63) is 59.2 Å². The van der Waals surface area contributed by atoms with Crippen molar-refractivity contribution in [2.24, 2.45) is 0 Å². The standard InChI is InChI=1S/C16H17NO2/c1-3-11-4-6-12(7-5-11)16(18)14-10-13(19-2)8-9-15(14)17/h4-10H,3,17H2,1-2H3. The molecule has 0 saturated carbocycles. The summed E-state index contributed by atoms with van der Waals surface area (Å²) >= 11 is 0. The van der Waals surface area contributed by atoms with Crippen LogP contribution in [0.5, 0.6) is 5.75 Å². The van der Waals surface area contributed by atoms with E-state index in [0.29, 0.717) is 22.6 Å². The second-order valence-electron chi connectivity index (χ2n) is 4.33. The van der Waals surface area contributed by atoms with E-state index in [4.69, 9.17) is 10.5 Å². The van der Waals surface area contributed by atoms with Gasteiger partial charge >= 0.3 is 0 Å². The van der Waals surface area contributed by atoms with Crippen LogP contribution >= 0.6 is 0 Å². The van der Waals surface area contributed by atoms with Crippen molar-refractivity contribution in [3.63, 3.8) is 0 Å². The molecule has 0 atom stereocenters. The molecule has 0 aromatic heterocycles. The molecule has 0 aliphatic rings. The highest BCUT2D eigenvalue weighted by molar-refractivity contribution is 6.12. The Bertz CT molecular complexity index is 588. The average molecular weight is 255 g/mol. The summed E-state index contributed by atoms with van der Waals surface area (Å²) in [6.45, 7) is 2.08. The molecule has 98 valence electrons. The van der Waals surface area contributed by atoms with Gasteiger partial charge < -0.3 is 10.5 Å². The molecule has 3 nitrogen and oxygen atoms in total. The van der Waals surface area contributed by atoms with Gasteiger partial charge in [0.25, 0.3) is 0 Å². The van der Waals surface area contributed by atoms with Gasteiger partial charge in [-0.15, -0.1) is 0 Å². The van der Waals surface area contributed by atoms with Crippen LogP contribution in [0.4, 0.5) is 5.69 Å². The van der Waals surface area contributed by atoms with E-state index in [1.54, 1.807) is 25.3 Å². The number of methoxy groups -OCH3 is 1. The van der Waals surface area contributed by atoms with Gasteiger partial charge in [0, 0.05) is 16.8 Å². The van der Waals surface area contributed by atoms with Crippen LogP contribution < -0.4 is 10.5 Å². The summed E-state index contributed by atoms with van der Waals surface area (Å²) in [6, 6.07) is 12.7. The molecule has 0 unspecified atom stereocenters. The summed E-state index contributed by atoms with van der Waals surface area (Å²) < 4.78 is 5.12. The summed E-state index contributed by atoms with van der Waals surface area (Å²) in [7, 11) is 1.57. The van der Waals surface area contributed by atoms with Crippen molar-refractivity contribution in [1.29, 1.82) is 0 Å². The number of carbonyl (C=O) groups is 1. The number of benzene rings is 2. The van der Waals surface area contributed by atoms with Gasteiger partial charge in [-0.05, 0) is 30.2 Å². The number of rotatable bonds is 4.